The largest absolute Gasteiger partial charge is 0.480 e. The van der Waals surface area contributed by atoms with Crippen LogP contribution in [0.4, 0.5) is 0 Å². The van der Waals surface area contributed by atoms with Crippen molar-refractivity contribution in [2.45, 2.75) is 25.8 Å². The van der Waals surface area contributed by atoms with Gasteiger partial charge in [0.25, 0.3) is 0 Å². The Morgan fingerprint density at radius 1 is 1.46 bits per heavy atom. The maximum absolute atomic E-state index is 10.8. The lowest BCUT2D eigenvalue weighted by Crippen LogP contribution is -2.43. The smallest absolute Gasteiger partial charge is 0.326 e. The molecule has 0 saturated heterocycles. The number of carbonyl (C=O) groups is 3. The van der Waals surface area contributed by atoms with Gasteiger partial charge in [-0.2, -0.15) is 0 Å². The lowest BCUT2D eigenvalue weighted by molar-refractivity contribution is -0.143. The number of primary amides is 1. The van der Waals surface area contributed by atoms with Gasteiger partial charge in [0.15, 0.2) is 0 Å². The second kappa shape index (κ2) is 5.13. The van der Waals surface area contributed by atoms with Gasteiger partial charge in [0.2, 0.25) is 11.8 Å². The maximum atomic E-state index is 10.8. The van der Waals surface area contributed by atoms with Crippen molar-refractivity contribution in [2.75, 3.05) is 0 Å². The normalized spacial score (nSPS) is 11.8. The third kappa shape index (κ3) is 4.78. The summed E-state index contributed by atoms with van der Waals surface area (Å²) in [5.41, 5.74) is 4.79. The fraction of sp³-hybridized carbons (Fsp3) is 0.571. The first-order valence-electron chi connectivity index (χ1n) is 3.77. The Kier molecular flexibility index (Phi) is 4.50. The molecular formula is C7H12N2O4. The molecule has 0 fully saturated rings. The molecule has 0 unspecified atom stereocenters. The first-order chi connectivity index (χ1) is 5.97. The number of carboxylic acids is 1. The number of nitrogens with two attached hydrogens (primary N) is 1. The standard InChI is InChI=1S/C7H12N2O4/c1-2-6(11)9-4(7(12)13)3-5(8)10/h4H,2-3H2,1H3,(H2,8,10)(H,9,11)(H,12,13)/t4-/m0/s1. The van der Waals surface area contributed by atoms with Crippen LogP contribution >= 0.6 is 0 Å². The summed E-state index contributed by atoms with van der Waals surface area (Å²) in [5, 5.41) is 10.7. The predicted octanol–water partition coefficient (Wildman–Crippen LogP) is -1.16. The highest BCUT2D eigenvalue weighted by Gasteiger charge is 2.20. The van der Waals surface area contributed by atoms with Crippen molar-refractivity contribution < 1.29 is 19.5 Å². The molecule has 0 aromatic heterocycles. The van der Waals surface area contributed by atoms with Crippen molar-refractivity contribution in [1.29, 1.82) is 0 Å². The first kappa shape index (κ1) is 11.4. The van der Waals surface area contributed by atoms with E-state index in [1.165, 1.54) is 0 Å². The van der Waals surface area contributed by atoms with Crippen molar-refractivity contribution in [1.82, 2.24) is 5.32 Å². The molecule has 0 aromatic rings. The number of carbonyl (C=O) groups excluding carboxylic acids is 2. The summed E-state index contributed by atoms with van der Waals surface area (Å²) >= 11 is 0. The lowest BCUT2D eigenvalue weighted by Gasteiger charge is -2.11. The molecule has 0 aliphatic heterocycles. The van der Waals surface area contributed by atoms with Crippen LogP contribution in [0.3, 0.4) is 0 Å². The van der Waals surface area contributed by atoms with Crippen LogP contribution < -0.4 is 11.1 Å². The van der Waals surface area contributed by atoms with Crippen LogP contribution in [0.2, 0.25) is 0 Å². The van der Waals surface area contributed by atoms with Gasteiger partial charge < -0.3 is 16.2 Å². The molecule has 0 aliphatic rings. The molecule has 2 amide bonds. The fourth-order valence-electron chi connectivity index (χ4n) is 0.698. The number of hydrogen-bond acceptors (Lipinski definition) is 3. The SMILES string of the molecule is CCC(=O)N[C@@H](CC(N)=O)C(=O)O. The highest BCUT2D eigenvalue weighted by molar-refractivity contribution is 5.87. The van der Waals surface area contributed by atoms with Gasteiger partial charge in [0.1, 0.15) is 6.04 Å². The van der Waals surface area contributed by atoms with Gasteiger partial charge in [0.05, 0.1) is 6.42 Å². The zero-order valence-corrected chi connectivity index (χ0v) is 7.24. The lowest BCUT2D eigenvalue weighted by atomic mass is 10.2. The average Bonchev–Trinajstić information content (AvgIpc) is 2.02. The van der Waals surface area contributed by atoms with E-state index in [4.69, 9.17) is 10.8 Å². The van der Waals surface area contributed by atoms with E-state index in [9.17, 15) is 14.4 Å². The zero-order valence-electron chi connectivity index (χ0n) is 7.24. The molecule has 0 aromatic carbocycles. The Balaban J connectivity index is 4.18. The van der Waals surface area contributed by atoms with E-state index in [1.54, 1.807) is 6.92 Å². The van der Waals surface area contributed by atoms with E-state index in [1.807, 2.05) is 0 Å². The minimum Gasteiger partial charge on any atom is -0.480 e. The number of amides is 2. The minimum absolute atomic E-state index is 0.169. The Morgan fingerprint density at radius 3 is 2.31 bits per heavy atom. The number of nitrogens with one attached hydrogen (secondary N) is 1. The third-order valence-corrected chi connectivity index (χ3v) is 1.36. The van der Waals surface area contributed by atoms with E-state index < -0.39 is 23.8 Å². The molecule has 0 heterocycles. The van der Waals surface area contributed by atoms with E-state index in [0.29, 0.717) is 0 Å². The minimum atomic E-state index is -1.26. The van der Waals surface area contributed by atoms with Crippen molar-refractivity contribution in [3.05, 3.63) is 0 Å². The summed E-state index contributed by atoms with van der Waals surface area (Å²) in [6, 6.07) is -1.22. The van der Waals surface area contributed by atoms with Crippen molar-refractivity contribution in [2.24, 2.45) is 5.73 Å². The summed E-state index contributed by atoms with van der Waals surface area (Å²) in [5.74, 6) is -2.45. The Bertz CT molecular complexity index is 227. The van der Waals surface area contributed by atoms with E-state index in [0.717, 1.165) is 0 Å². The Labute approximate surface area is 75.1 Å². The molecule has 0 aliphatic carbocycles. The molecule has 0 saturated carbocycles. The average molecular weight is 188 g/mol. The molecule has 0 radical (unpaired) electrons. The maximum Gasteiger partial charge on any atom is 0.326 e. The molecule has 6 heteroatoms. The second-order valence-corrected chi connectivity index (χ2v) is 2.48. The summed E-state index contributed by atoms with van der Waals surface area (Å²) in [4.78, 5) is 31.6. The zero-order chi connectivity index (χ0) is 10.4. The van der Waals surface area contributed by atoms with E-state index in [2.05, 4.69) is 5.32 Å². The van der Waals surface area contributed by atoms with Crippen LogP contribution in [0.15, 0.2) is 0 Å². The van der Waals surface area contributed by atoms with Crippen LogP contribution in [0, 0.1) is 0 Å². The number of aliphatic carboxylic acids is 1. The van der Waals surface area contributed by atoms with Gasteiger partial charge in [-0.25, -0.2) is 4.79 Å². The molecule has 4 N–H and O–H groups in total. The molecule has 0 rings (SSSR count). The Hall–Kier alpha value is -1.59. The molecule has 13 heavy (non-hydrogen) atoms. The van der Waals surface area contributed by atoms with Crippen LogP contribution in [-0.4, -0.2) is 28.9 Å². The summed E-state index contributed by atoms with van der Waals surface area (Å²) < 4.78 is 0. The van der Waals surface area contributed by atoms with Gasteiger partial charge in [-0.05, 0) is 0 Å². The fourth-order valence-corrected chi connectivity index (χ4v) is 0.698. The second-order valence-electron chi connectivity index (χ2n) is 2.48. The molecule has 0 spiro atoms. The highest BCUT2D eigenvalue weighted by atomic mass is 16.4. The quantitative estimate of drug-likeness (QED) is 0.505. The van der Waals surface area contributed by atoms with Crippen LogP contribution in [0.25, 0.3) is 0 Å². The van der Waals surface area contributed by atoms with Gasteiger partial charge in [-0.15, -0.1) is 0 Å². The first-order valence-corrected chi connectivity index (χ1v) is 3.77. The van der Waals surface area contributed by atoms with Crippen LogP contribution in [0.5, 0.6) is 0 Å². The van der Waals surface area contributed by atoms with E-state index >= 15 is 0 Å². The predicted molar refractivity (Wildman–Crippen MR) is 43.7 cm³/mol. The monoisotopic (exact) mass is 188 g/mol. The highest BCUT2D eigenvalue weighted by Crippen LogP contribution is 1.92. The van der Waals surface area contributed by atoms with Gasteiger partial charge >= 0.3 is 5.97 Å². The number of carboxylic acid groups (broad SMARTS) is 1. The van der Waals surface area contributed by atoms with E-state index in [-0.39, 0.29) is 12.8 Å². The number of hydrogen-bond donors (Lipinski definition) is 3. The van der Waals surface area contributed by atoms with Crippen molar-refractivity contribution >= 4 is 17.8 Å². The van der Waals surface area contributed by atoms with Gasteiger partial charge in [0, 0.05) is 6.42 Å². The van der Waals surface area contributed by atoms with Gasteiger partial charge in [-0.3, -0.25) is 9.59 Å². The molecule has 74 valence electrons. The van der Waals surface area contributed by atoms with Crippen molar-refractivity contribution in [3.63, 3.8) is 0 Å². The summed E-state index contributed by atoms with van der Waals surface area (Å²) in [6.45, 7) is 1.58. The summed E-state index contributed by atoms with van der Waals surface area (Å²) in [7, 11) is 0. The Morgan fingerprint density at radius 2 is 2.00 bits per heavy atom. The number of rotatable bonds is 5. The molecule has 1 atom stereocenters. The molecular weight excluding hydrogens is 176 g/mol. The topological polar surface area (TPSA) is 109 Å². The van der Waals surface area contributed by atoms with Crippen LogP contribution in [-0.2, 0) is 14.4 Å². The van der Waals surface area contributed by atoms with Crippen LogP contribution in [0.1, 0.15) is 19.8 Å². The van der Waals surface area contributed by atoms with Crippen molar-refractivity contribution in [3.8, 4) is 0 Å². The summed E-state index contributed by atoms with van der Waals surface area (Å²) in [6.07, 6.45) is -0.219. The molecule has 6 nitrogen and oxygen atoms in total. The van der Waals surface area contributed by atoms with Gasteiger partial charge in [-0.1, -0.05) is 6.92 Å². The molecule has 0 bridgehead atoms. The third-order valence-electron chi connectivity index (χ3n) is 1.36.